The average Bonchev–Trinajstić information content (AvgIpc) is 2.62. The molecule has 0 fully saturated rings. The maximum atomic E-state index is 11.9. The monoisotopic (exact) mass is 223 g/mol. The van der Waals surface area contributed by atoms with E-state index in [0.29, 0.717) is 5.92 Å². The Morgan fingerprint density at radius 3 is 3.13 bits per heavy atom. The lowest BCUT2D eigenvalue weighted by atomic mass is 10.1. The van der Waals surface area contributed by atoms with Crippen molar-refractivity contribution < 1.29 is 4.79 Å². The van der Waals surface area contributed by atoms with Gasteiger partial charge in [-0.25, -0.2) is 0 Å². The number of nitrogens with zero attached hydrogens (tertiary/aromatic N) is 1. The molecule has 80 valence electrons. The summed E-state index contributed by atoms with van der Waals surface area (Å²) in [4.78, 5) is 15.2. The lowest BCUT2D eigenvalue weighted by Crippen LogP contribution is -2.49. The molecule has 3 aliphatic heterocycles. The van der Waals surface area contributed by atoms with Crippen LogP contribution in [0.5, 0.6) is 0 Å². The number of hydrogen-bond acceptors (Lipinski definition) is 5. The molecule has 3 aliphatic rings. The smallest absolute Gasteiger partial charge is 0.216 e. The lowest BCUT2D eigenvalue weighted by Gasteiger charge is -2.37. The van der Waals surface area contributed by atoms with Crippen molar-refractivity contribution in [2.45, 2.75) is 13.0 Å². The van der Waals surface area contributed by atoms with E-state index in [-0.39, 0.29) is 11.2 Å². The highest BCUT2D eigenvalue weighted by molar-refractivity contribution is 8.17. The van der Waals surface area contributed by atoms with E-state index in [4.69, 9.17) is 0 Å². The van der Waals surface area contributed by atoms with Gasteiger partial charge in [0.25, 0.3) is 0 Å². The first kappa shape index (κ1) is 9.45. The van der Waals surface area contributed by atoms with Crippen LogP contribution in [0.3, 0.4) is 0 Å². The molecule has 4 nitrogen and oxygen atoms in total. The van der Waals surface area contributed by atoms with Crippen molar-refractivity contribution in [3.05, 3.63) is 22.9 Å². The van der Waals surface area contributed by atoms with E-state index in [9.17, 15) is 4.79 Å². The molecular formula is C10H13N3OS. The highest BCUT2D eigenvalue weighted by Gasteiger charge is 2.40. The first-order valence-corrected chi connectivity index (χ1v) is 5.95. The molecule has 0 bridgehead atoms. The molecule has 0 aromatic carbocycles. The van der Waals surface area contributed by atoms with E-state index in [1.165, 1.54) is 17.5 Å². The predicted octanol–water partition coefficient (Wildman–Crippen LogP) is 0.413. The van der Waals surface area contributed by atoms with Crippen molar-refractivity contribution in [2.75, 3.05) is 13.1 Å². The van der Waals surface area contributed by atoms with Gasteiger partial charge in [-0.15, -0.1) is 0 Å². The van der Waals surface area contributed by atoms with Crippen LogP contribution >= 0.6 is 11.8 Å². The maximum Gasteiger partial charge on any atom is 0.216 e. The van der Waals surface area contributed by atoms with Gasteiger partial charge in [0.2, 0.25) is 5.12 Å². The van der Waals surface area contributed by atoms with Crippen molar-refractivity contribution >= 4 is 16.9 Å². The molecule has 0 saturated carbocycles. The Morgan fingerprint density at radius 2 is 2.27 bits per heavy atom. The van der Waals surface area contributed by atoms with E-state index in [1.807, 2.05) is 0 Å². The summed E-state index contributed by atoms with van der Waals surface area (Å²) in [6, 6.07) is 0.0219. The minimum atomic E-state index is 0.0219. The van der Waals surface area contributed by atoms with E-state index in [1.54, 1.807) is 0 Å². The Hall–Kier alpha value is -0.780. The second kappa shape index (κ2) is 3.37. The van der Waals surface area contributed by atoms with Crippen molar-refractivity contribution in [1.29, 1.82) is 0 Å². The molecule has 0 aromatic rings. The zero-order chi connectivity index (χ0) is 10.4. The minimum Gasteiger partial charge on any atom is -0.338 e. The molecule has 2 unspecified atom stereocenters. The number of carbonyl (C=O) groups is 1. The summed E-state index contributed by atoms with van der Waals surface area (Å²) in [5.74, 6) is 0.328. The van der Waals surface area contributed by atoms with Crippen LogP contribution in [0.15, 0.2) is 22.9 Å². The summed E-state index contributed by atoms with van der Waals surface area (Å²) in [6.45, 7) is 3.64. The second-order valence-electron chi connectivity index (χ2n) is 4.05. The zero-order valence-electron chi connectivity index (χ0n) is 8.49. The highest BCUT2D eigenvalue weighted by atomic mass is 32.2. The average molecular weight is 223 g/mol. The van der Waals surface area contributed by atoms with E-state index in [0.717, 1.165) is 18.0 Å². The normalized spacial score (nSPS) is 34.5. The second-order valence-corrected chi connectivity index (χ2v) is 5.15. The number of hydrazine groups is 1. The van der Waals surface area contributed by atoms with Gasteiger partial charge in [-0.3, -0.25) is 15.6 Å². The van der Waals surface area contributed by atoms with Crippen molar-refractivity contribution in [1.82, 2.24) is 15.8 Å². The molecule has 2 atom stereocenters. The van der Waals surface area contributed by atoms with Gasteiger partial charge in [-0.2, -0.15) is 0 Å². The summed E-state index contributed by atoms with van der Waals surface area (Å²) < 4.78 is 0. The highest BCUT2D eigenvalue weighted by Crippen LogP contribution is 2.39. The third-order valence-corrected chi connectivity index (χ3v) is 4.15. The van der Waals surface area contributed by atoms with Crippen LogP contribution in [0.4, 0.5) is 0 Å². The number of nitrogens with one attached hydrogen (secondary N) is 2. The summed E-state index contributed by atoms with van der Waals surface area (Å²) in [7, 11) is 0. The molecule has 0 aromatic heterocycles. The Balaban J connectivity index is 2.01. The van der Waals surface area contributed by atoms with Gasteiger partial charge in [0.1, 0.15) is 6.04 Å². The van der Waals surface area contributed by atoms with Crippen LogP contribution in [0.1, 0.15) is 6.92 Å². The molecule has 0 saturated heterocycles. The van der Waals surface area contributed by atoms with Crippen LogP contribution in [0.25, 0.3) is 0 Å². The number of thioether (sulfide) groups is 1. The lowest BCUT2D eigenvalue weighted by molar-refractivity contribution is -0.115. The third kappa shape index (κ3) is 1.34. The molecule has 0 aliphatic carbocycles. The quantitative estimate of drug-likeness (QED) is 0.623. The molecule has 3 rings (SSSR count). The zero-order valence-corrected chi connectivity index (χ0v) is 9.30. The van der Waals surface area contributed by atoms with Gasteiger partial charge in [-0.1, -0.05) is 24.8 Å². The van der Waals surface area contributed by atoms with Crippen LogP contribution < -0.4 is 10.9 Å². The van der Waals surface area contributed by atoms with E-state index >= 15 is 0 Å². The summed E-state index contributed by atoms with van der Waals surface area (Å²) in [5.41, 5.74) is 7.44. The Kier molecular flexibility index (Phi) is 2.12. The fourth-order valence-electron chi connectivity index (χ4n) is 2.27. The first-order chi connectivity index (χ1) is 7.27. The Bertz CT molecular complexity index is 377. The third-order valence-electron chi connectivity index (χ3n) is 3.08. The summed E-state index contributed by atoms with van der Waals surface area (Å²) in [6.07, 6.45) is 4.16. The SMILES string of the molecule is CC1C=CN2C3=C(CNNC3)SC(=O)C12. The molecule has 0 radical (unpaired) electrons. The number of rotatable bonds is 0. The molecular weight excluding hydrogens is 210 g/mol. The van der Waals surface area contributed by atoms with Gasteiger partial charge < -0.3 is 4.90 Å². The number of fused-ring (bicyclic) bond motifs is 2. The van der Waals surface area contributed by atoms with Gasteiger partial charge in [0, 0.05) is 29.3 Å². The van der Waals surface area contributed by atoms with Crippen LogP contribution in [-0.2, 0) is 4.79 Å². The van der Waals surface area contributed by atoms with Crippen LogP contribution in [0, 0.1) is 5.92 Å². The van der Waals surface area contributed by atoms with E-state index < -0.39 is 0 Å². The molecule has 2 N–H and O–H groups in total. The summed E-state index contributed by atoms with van der Waals surface area (Å²) in [5, 5.41) is 0.273. The minimum absolute atomic E-state index is 0.0219. The fourth-order valence-corrected chi connectivity index (χ4v) is 3.40. The van der Waals surface area contributed by atoms with Gasteiger partial charge in [0.15, 0.2) is 0 Å². The first-order valence-electron chi connectivity index (χ1n) is 5.13. The fraction of sp³-hybridized carbons (Fsp3) is 0.500. The van der Waals surface area contributed by atoms with Gasteiger partial charge in [-0.05, 0) is 0 Å². The molecule has 0 spiro atoms. The maximum absolute atomic E-state index is 11.9. The van der Waals surface area contributed by atoms with Crippen molar-refractivity contribution in [2.24, 2.45) is 5.92 Å². The topological polar surface area (TPSA) is 44.4 Å². The molecule has 0 amide bonds. The Morgan fingerprint density at radius 1 is 1.47 bits per heavy atom. The standard InChI is InChI=1S/C10H13N3OS/c1-6-2-3-13-7-4-11-12-5-8(7)15-10(14)9(6)13/h2-3,6,9,11-12H,4-5H2,1H3. The van der Waals surface area contributed by atoms with Crippen molar-refractivity contribution in [3.63, 3.8) is 0 Å². The Labute approximate surface area is 92.7 Å². The van der Waals surface area contributed by atoms with Crippen LogP contribution in [-0.4, -0.2) is 29.1 Å². The van der Waals surface area contributed by atoms with Gasteiger partial charge in [0.05, 0.1) is 6.54 Å². The predicted molar refractivity (Wildman–Crippen MR) is 59.6 cm³/mol. The molecule has 3 heterocycles. The van der Waals surface area contributed by atoms with Crippen LogP contribution in [0.2, 0.25) is 0 Å². The van der Waals surface area contributed by atoms with Crippen molar-refractivity contribution in [3.8, 4) is 0 Å². The molecule has 15 heavy (non-hydrogen) atoms. The van der Waals surface area contributed by atoms with Gasteiger partial charge >= 0.3 is 0 Å². The van der Waals surface area contributed by atoms with E-state index in [2.05, 4.69) is 35.0 Å². The summed E-state index contributed by atoms with van der Waals surface area (Å²) >= 11 is 1.41. The number of carbonyl (C=O) groups excluding carboxylic acids is 1. The molecule has 5 heteroatoms. The largest absolute Gasteiger partial charge is 0.338 e. The number of hydrogen-bond donors (Lipinski definition) is 2.